The topological polar surface area (TPSA) is 79.0 Å². The number of para-hydroxylation sites is 1. The van der Waals surface area contributed by atoms with Crippen LogP contribution < -0.4 is 15.4 Å². The molecule has 2 heterocycles. The van der Waals surface area contributed by atoms with Gasteiger partial charge in [-0.15, -0.1) is 0 Å². The number of urea groups is 1. The average Bonchev–Trinajstić information content (AvgIpc) is 3.02. The highest BCUT2D eigenvalue weighted by atomic mass is 35.5. The van der Waals surface area contributed by atoms with Crippen molar-refractivity contribution in [2.24, 2.45) is 0 Å². The van der Waals surface area contributed by atoms with Crippen LogP contribution in [-0.2, 0) is 13.0 Å². The van der Waals surface area contributed by atoms with Gasteiger partial charge in [0.1, 0.15) is 5.75 Å². The van der Waals surface area contributed by atoms with E-state index in [2.05, 4.69) is 20.8 Å². The summed E-state index contributed by atoms with van der Waals surface area (Å²) in [6.07, 6.45) is 1.58. The van der Waals surface area contributed by atoms with E-state index in [0.29, 0.717) is 30.3 Å². The van der Waals surface area contributed by atoms with E-state index in [0.717, 1.165) is 23.4 Å². The smallest absolute Gasteiger partial charge is 0.315 e. The van der Waals surface area contributed by atoms with Crippen LogP contribution >= 0.6 is 11.6 Å². The molecule has 1 atom stereocenters. The first-order chi connectivity index (χ1) is 11.2. The lowest BCUT2D eigenvalue weighted by Crippen LogP contribution is -2.39. The van der Waals surface area contributed by atoms with Crippen LogP contribution in [0, 0.1) is 0 Å². The number of halogens is 1. The van der Waals surface area contributed by atoms with Crippen LogP contribution in [0.5, 0.6) is 5.75 Å². The van der Waals surface area contributed by atoms with E-state index in [1.165, 1.54) is 0 Å². The summed E-state index contributed by atoms with van der Waals surface area (Å²) in [4.78, 5) is 12.1. The van der Waals surface area contributed by atoms with Gasteiger partial charge in [-0.1, -0.05) is 30.7 Å². The summed E-state index contributed by atoms with van der Waals surface area (Å²) in [6.45, 7) is 2.97. The third-order valence-corrected chi connectivity index (χ3v) is 4.11. The molecule has 0 saturated heterocycles. The Bertz CT molecular complexity index is 701. The van der Waals surface area contributed by atoms with Crippen LogP contribution in [0.4, 0.5) is 4.79 Å². The summed E-state index contributed by atoms with van der Waals surface area (Å²) in [7, 11) is 0. The lowest BCUT2D eigenvalue weighted by atomic mass is 10.0. The summed E-state index contributed by atoms with van der Waals surface area (Å²) in [5, 5.41) is 13.4. The highest BCUT2D eigenvalue weighted by Crippen LogP contribution is 2.37. The molecular formula is C16H19ClN4O2. The number of H-pyrrole nitrogens is 1. The molecule has 1 aromatic heterocycles. The Morgan fingerprint density at radius 1 is 1.52 bits per heavy atom. The van der Waals surface area contributed by atoms with Crippen molar-refractivity contribution in [3.8, 4) is 5.75 Å². The van der Waals surface area contributed by atoms with Crippen molar-refractivity contribution in [3.63, 3.8) is 0 Å². The van der Waals surface area contributed by atoms with Crippen molar-refractivity contribution in [1.82, 2.24) is 20.8 Å². The van der Waals surface area contributed by atoms with Gasteiger partial charge in [-0.05, 0) is 18.6 Å². The molecule has 0 aliphatic carbocycles. The molecule has 0 fully saturated rings. The third kappa shape index (κ3) is 3.59. The number of hydrogen-bond acceptors (Lipinski definition) is 3. The Balaban J connectivity index is 1.59. The number of rotatable bonds is 4. The molecule has 122 valence electrons. The molecule has 0 bridgehead atoms. The normalized spacial score (nSPS) is 16.3. The standard InChI is InChI=1S/C16H19ClN4O2/c1-2-10-8-11(21-20-10)9-18-16(22)19-14-6-7-23-15-12(14)4-3-5-13(15)17/h3-5,8,14H,2,6-7,9H2,1H3,(H,20,21)(H2,18,19,22)/t14-/m1/s1. The fourth-order valence-corrected chi connectivity index (χ4v) is 2.84. The number of benzene rings is 1. The second kappa shape index (κ2) is 6.91. The largest absolute Gasteiger partial charge is 0.492 e. The van der Waals surface area contributed by atoms with Gasteiger partial charge in [-0.2, -0.15) is 5.10 Å². The van der Waals surface area contributed by atoms with Crippen LogP contribution in [-0.4, -0.2) is 22.8 Å². The van der Waals surface area contributed by atoms with Gasteiger partial charge in [0, 0.05) is 12.0 Å². The second-order valence-corrected chi connectivity index (χ2v) is 5.82. The second-order valence-electron chi connectivity index (χ2n) is 5.41. The van der Waals surface area contributed by atoms with Gasteiger partial charge in [-0.25, -0.2) is 4.79 Å². The number of fused-ring (bicyclic) bond motifs is 1. The number of carbonyl (C=O) groups is 1. The van der Waals surface area contributed by atoms with E-state index in [-0.39, 0.29) is 12.1 Å². The molecule has 0 saturated carbocycles. The monoisotopic (exact) mass is 334 g/mol. The van der Waals surface area contributed by atoms with E-state index in [9.17, 15) is 4.79 Å². The average molecular weight is 335 g/mol. The van der Waals surface area contributed by atoms with Gasteiger partial charge in [0.05, 0.1) is 35.6 Å². The predicted octanol–water partition coefficient (Wildman–Crippen LogP) is 2.95. The number of amides is 2. The molecule has 7 heteroatoms. The van der Waals surface area contributed by atoms with Crippen molar-refractivity contribution in [3.05, 3.63) is 46.2 Å². The number of aromatic amines is 1. The van der Waals surface area contributed by atoms with Gasteiger partial charge in [0.15, 0.2) is 0 Å². The minimum Gasteiger partial charge on any atom is -0.492 e. The van der Waals surface area contributed by atoms with Crippen LogP contribution in [0.2, 0.25) is 5.02 Å². The minimum absolute atomic E-state index is 0.106. The lowest BCUT2D eigenvalue weighted by Gasteiger charge is -2.27. The van der Waals surface area contributed by atoms with Crippen molar-refractivity contribution < 1.29 is 9.53 Å². The molecule has 1 aromatic carbocycles. The molecule has 6 nitrogen and oxygen atoms in total. The van der Waals surface area contributed by atoms with Crippen molar-refractivity contribution in [1.29, 1.82) is 0 Å². The molecule has 3 N–H and O–H groups in total. The van der Waals surface area contributed by atoms with Gasteiger partial charge in [-0.3, -0.25) is 5.10 Å². The lowest BCUT2D eigenvalue weighted by molar-refractivity contribution is 0.223. The maximum absolute atomic E-state index is 12.1. The van der Waals surface area contributed by atoms with Gasteiger partial charge < -0.3 is 15.4 Å². The van der Waals surface area contributed by atoms with Crippen LogP contribution in [0.3, 0.4) is 0 Å². The molecule has 0 spiro atoms. The Morgan fingerprint density at radius 3 is 3.17 bits per heavy atom. The zero-order chi connectivity index (χ0) is 16.2. The summed E-state index contributed by atoms with van der Waals surface area (Å²) in [6, 6.07) is 7.18. The van der Waals surface area contributed by atoms with Crippen LogP contribution in [0.25, 0.3) is 0 Å². The summed E-state index contributed by atoms with van der Waals surface area (Å²) < 4.78 is 5.59. The highest BCUT2D eigenvalue weighted by molar-refractivity contribution is 6.32. The summed E-state index contributed by atoms with van der Waals surface area (Å²) >= 11 is 6.14. The molecule has 1 aliphatic heterocycles. The van der Waals surface area contributed by atoms with Gasteiger partial charge >= 0.3 is 6.03 Å². The fraction of sp³-hybridized carbons (Fsp3) is 0.375. The maximum Gasteiger partial charge on any atom is 0.315 e. The SMILES string of the molecule is CCc1cc(CNC(=O)N[C@@H]2CCOc3c(Cl)cccc32)[nH]n1. The van der Waals surface area contributed by atoms with E-state index in [1.807, 2.05) is 25.1 Å². The fourth-order valence-electron chi connectivity index (χ4n) is 2.60. The molecule has 0 radical (unpaired) electrons. The number of nitrogens with zero attached hydrogens (tertiary/aromatic N) is 1. The number of nitrogens with one attached hydrogen (secondary N) is 3. The Morgan fingerprint density at radius 2 is 2.39 bits per heavy atom. The quantitative estimate of drug-likeness (QED) is 0.804. The first-order valence-electron chi connectivity index (χ1n) is 7.66. The first kappa shape index (κ1) is 15.7. The van der Waals surface area contributed by atoms with Crippen molar-refractivity contribution >= 4 is 17.6 Å². The van der Waals surface area contributed by atoms with E-state index in [4.69, 9.17) is 16.3 Å². The number of carbonyl (C=O) groups excluding carboxylic acids is 1. The maximum atomic E-state index is 12.1. The van der Waals surface area contributed by atoms with Crippen molar-refractivity contribution in [2.45, 2.75) is 32.4 Å². The Labute approximate surface area is 139 Å². The number of aryl methyl sites for hydroxylation is 1. The number of hydrogen-bond donors (Lipinski definition) is 3. The molecule has 3 rings (SSSR count). The molecule has 0 unspecified atom stereocenters. The number of ether oxygens (including phenoxy) is 1. The minimum atomic E-state index is -0.226. The van der Waals surface area contributed by atoms with E-state index < -0.39 is 0 Å². The van der Waals surface area contributed by atoms with E-state index in [1.54, 1.807) is 6.07 Å². The number of aromatic nitrogens is 2. The molecular weight excluding hydrogens is 316 g/mol. The zero-order valence-electron chi connectivity index (χ0n) is 12.9. The molecule has 2 amide bonds. The van der Waals surface area contributed by atoms with Crippen LogP contribution in [0.1, 0.15) is 36.3 Å². The van der Waals surface area contributed by atoms with Crippen LogP contribution in [0.15, 0.2) is 24.3 Å². The highest BCUT2D eigenvalue weighted by Gasteiger charge is 2.24. The Kier molecular flexibility index (Phi) is 4.71. The summed E-state index contributed by atoms with van der Waals surface area (Å²) in [5.74, 6) is 0.659. The molecule has 23 heavy (non-hydrogen) atoms. The van der Waals surface area contributed by atoms with Gasteiger partial charge in [0.2, 0.25) is 0 Å². The molecule has 1 aliphatic rings. The Hall–Kier alpha value is -2.21. The molecule has 2 aromatic rings. The third-order valence-electron chi connectivity index (χ3n) is 3.82. The summed E-state index contributed by atoms with van der Waals surface area (Å²) in [5.41, 5.74) is 2.77. The zero-order valence-corrected chi connectivity index (χ0v) is 13.6. The predicted molar refractivity (Wildman–Crippen MR) is 87.6 cm³/mol. The van der Waals surface area contributed by atoms with E-state index >= 15 is 0 Å². The van der Waals surface area contributed by atoms with Gasteiger partial charge in [0.25, 0.3) is 0 Å². The first-order valence-corrected chi connectivity index (χ1v) is 8.04. The van der Waals surface area contributed by atoms with Crippen molar-refractivity contribution in [2.75, 3.05) is 6.61 Å².